The Hall–Kier alpha value is -1.93. The Morgan fingerprint density at radius 3 is 2.28 bits per heavy atom. The van der Waals surface area contributed by atoms with E-state index in [1.807, 2.05) is 4.57 Å². The zero-order valence-corrected chi connectivity index (χ0v) is 15.6. The number of aromatic nitrogens is 4. The molecular formula is C17H28N6O2. The minimum atomic E-state index is -0.343. The molecule has 0 spiro atoms. The van der Waals surface area contributed by atoms with Gasteiger partial charge in [-0.2, -0.15) is 0 Å². The highest BCUT2D eigenvalue weighted by Gasteiger charge is 2.18. The lowest BCUT2D eigenvalue weighted by molar-refractivity contribution is 0.120. The highest BCUT2D eigenvalue weighted by atomic mass is 16.2. The molecule has 0 atom stereocenters. The smallest absolute Gasteiger partial charge is 0.323 e. The molecule has 2 aromatic rings. The molecule has 2 aromatic heterocycles. The van der Waals surface area contributed by atoms with Crippen molar-refractivity contribution in [3.8, 4) is 0 Å². The van der Waals surface area contributed by atoms with Gasteiger partial charge in [0.1, 0.15) is 0 Å². The van der Waals surface area contributed by atoms with Gasteiger partial charge in [-0.1, -0.05) is 13.8 Å². The van der Waals surface area contributed by atoms with Crippen LogP contribution >= 0.6 is 0 Å². The third kappa shape index (κ3) is 3.55. The lowest BCUT2D eigenvalue weighted by Gasteiger charge is -2.35. The highest BCUT2D eigenvalue weighted by molar-refractivity contribution is 5.69. The summed E-state index contributed by atoms with van der Waals surface area (Å²) in [5.74, 6) is 0.701. The van der Waals surface area contributed by atoms with Gasteiger partial charge in [-0.15, -0.1) is 0 Å². The summed E-state index contributed by atoms with van der Waals surface area (Å²) in [7, 11) is 3.16. The van der Waals surface area contributed by atoms with Crippen molar-refractivity contribution >= 4 is 11.2 Å². The van der Waals surface area contributed by atoms with Crippen LogP contribution < -0.4 is 11.2 Å². The van der Waals surface area contributed by atoms with Crippen LogP contribution in [0.3, 0.4) is 0 Å². The number of hydrogen-bond donors (Lipinski definition) is 0. The lowest BCUT2D eigenvalue weighted by atomic mass is 10.2. The lowest BCUT2D eigenvalue weighted by Crippen LogP contribution is -2.48. The molecule has 8 heteroatoms. The van der Waals surface area contributed by atoms with E-state index in [-0.39, 0.29) is 11.2 Å². The van der Waals surface area contributed by atoms with E-state index in [0.29, 0.717) is 23.6 Å². The Kier molecular flexibility index (Phi) is 5.10. The topological polar surface area (TPSA) is 68.3 Å². The van der Waals surface area contributed by atoms with E-state index >= 15 is 0 Å². The molecule has 3 rings (SSSR count). The average molecular weight is 348 g/mol. The maximum Gasteiger partial charge on any atom is 0.332 e. The van der Waals surface area contributed by atoms with E-state index < -0.39 is 0 Å². The van der Waals surface area contributed by atoms with Gasteiger partial charge in [0, 0.05) is 59.9 Å². The Morgan fingerprint density at radius 2 is 1.64 bits per heavy atom. The predicted molar refractivity (Wildman–Crippen MR) is 97.9 cm³/mol. The van der Waals surface area contributed by atoms with Crippen molar-refractivity contribution in [2.45, 2.75) is 20.4 Å². The fraction of sp³-hybridized carbons (Fsp3) is 0.706. The summed E-state index contributed by atoms with van der Waals surface area (Å²) in [6.45, 7) is 11.5. The third-order valence-electron chi connectivity index (χ3n) is 4.96. The molecule has 138 valence electrons. The van der Waals surface area contributed by atoms with Crippen molar-refractivity contribution in [2.24, 2.45) is 20.0 Å². The molecule has 0 saturated carbocycles. The minimum absolute atomic E-state index is 0.280. The number of imidazole rings is 1. The van der Waals surface area contributed by atoms with Crippen molar-refractivity contribution in [1.82, 2.24) is 28.5 Å². The number of nitrogens with zero attached hydrogens (tertiary/aromatic N) is 6. The summed E-state index contributed by atoms with van der Waals surface area (Å²) in [4.78, 5) is 33.7. The van der Waals surface area contributed by atoms with Gasteiger partial charge in [0.15, 0.2) is 11.2 Å². The molecule has 1 aliphatic heterocycles. The van der Waals surface area contributed by atoms with Crippen LogP contribution in [0.15, 0.2) is 15.9 Å². The molecule has 25 heavy (non-hydrogen) atoms. The van der Waals surface area contributed by atoms with Crippen LogP contribution in [0.5, 0.6) is 0 Å². The van der Waals surface area contributed by atoms with E-state index in [1.54, 1.807) is 13.4 Å². The van der Waals surface area contributed by atoms with Gasteiger partial charge in [0.2, 0.25) is 0 Å². The van der Waals surface area contributed by atoms with Crippen LogP contribution in [0.25, 0.3) is 11.2 Å². The molecular weight excluding hydrogens is 320 g/mol. The van der Waals surface area contributed by atoms with E-state index in [9.17, 15) is 9.59 Å². The molecule has 3 heterocycles. The van der Waals surface area contributed by atoms with Gasteiger partial charge in [-0.25, -0.2) is 9.78 Å². The molecule has 8 nitrogen and oxygen atoms in total. The standard InChI is InChI=1S/C17H28N6O2/c1-13(2)11-22-7-5-21(6-8-22)9-10-23-12-18-15-14(23)16(24)20(4)17(25)19(15)3/h12-13H,5-11H2,1-4H3. The molecule has 1 saturated heterocycles. The van der Waals surface area contributed by atoms with Crippen LogP contribution in [-0.4, -0.2) is 67.8 Å². The van der Waals surface area contributed by atoms with E-state index in [2.05, 4.69) is 28.6 Å². The first-order valence-electron chi connectivity index (χ1n) is 8.94. The van der Waals surface area contributed by atoms with Gasteiger partial charge >= 0.3 is 5.69 Å². The molecule has 0 aliphatic carbocycles. The van der Waals surface area contributed by atoms with Gasteiger partial charge in [0.05, 0.1) is 6.33 Å². The molecule has 0 unspecified atom stereocenters. The van der Waals surface area contributed by atoms with Gasteiger partial charge < -0.3 is 9.47 Å². The summed E-state index contributed by atoms with van der Waals surface area (Å²) in [5.41, 5.74) is 0.333. The first-order valence-corrected chi connectivity index (χ1v) is 8.94. The zero-order valence-electron chi connectivity index (χ0n) is 15.6. The second-order valence-corrected chi connectivity index (χ2v) is 7.35. The molecule has 0 aromatic carbocycles. The zero-order chi connectivity index (χ0) is 18.1. The van der Waals surface area contributed by atoms with Crippen molar-refractivity contribution in [2.75, 3.05) is 39.3 Å². The van der Waals surface area contributed by atoms with Gasteiger partial charge in [-0.3, -0.25) is 18.8 Å². The number of piperazine rings is 1. The third-order valence-corrected chi connectivity index (χ3v) is 4.96. The van der Waals surface area contributed by atoms with Gasteiger partial charge in [0.25, 0.3) is 5.56 Å². The normalized spacial score (nSPS) is 17.0. The molecule has 0 radical (unpaired) electrons. The second kappa shape index (κ2) is 7.13. The fourth-order valence-corrected chi connectivity index (χ4v) is 3.53. The van der Waals surface area contributed by atoms with Crippen LogP contribution in [0.2, 0.25) is 0 Å². The summed E-state index contributed by atoms with van der Waals surface area (Å²) >= 11 is 0. The van der Waals surface area contributed by atoms with E-state index in [1.165, 1.54) is 11.6 Å². The maximum absolute atomic E-state index is 12.4. The van der Waals surface area contributed by atoms with E-state index in [4.69, 9.17) is 0 Å². The van der Waals surface area contributed by atoms with Crippen LogP contribution in [-0.2, 0) is 20.6 Å². The minimum Gasteiger partial charge on any atom is -0.323 e. The Morgan fingerprint density at radius 1 is 1.00 bits per heavy atom. The molecule has 0 bridgehead atoms. The molecule has 0 N–H and O–H groups in total. The summed E-state index contributed by atoms with van der Waals surface area (Å²) in [6.07, 6.45) is 1.67. The first kappa shape index (κ1) is 17.9. The van der Waals surface area contributed by atoms with Crippen molar-refractivity contribution < 1.29 is 0 Å². The molecule has 1 aliphatic rings. The Balaban J connectivity index is 1.69. The number of fused-ring (bicyclic) bond motifs is 1. The number of aryl methyl sites for hydroxylation is 1. The van der Waals surface area contributed by atoms with Crippen molar-refractivity contribution in [3.05, 3.63) is 27.2 Å². The summed E-state index contributed by atoms with van der Waals surface area (Å²) in [6, 6.07) is 0. The quantitative estimate of drug-likeness (QED) is 0.743. The maximum atomic E-state index is 12.4. The molecule has 0 amide bonds. The Bertz CT molecular complexity index is 854. The highest BCUT2D eigenvalue weighted by Crippen LogP contribution is 2.08. The summed E-state index contributed by atoms with van der Waals surface area (Å²) < 4.78 is 4.45. The molecule has 1 fully saturated rings. The van der Waals surface area contributed by atoms with E-state index in [0.717, 1.165) is 43.8 Å². The monoisotopic (exact) mass is 348 g/mol. The number of hydrogen-bond acceptors (Lipinski definition) is 5. The van der Waals surface area contributed by atoms with Crippen LogP contribution in [0.4, 0.5) is 0 Å². The largest absolute Gasteiger partial charge is 0.332 e. The first-order chi connectivity index (χ1) is 11.9. The predicted octanol–water partition coefficient (Wildman–Crippen LogP) is -0.293. The Labute approximate surface area is 147 Å². The van der Waals surface area contributed by atoms with Crippen molar-refractivity contribution in [3.63, 3.8) is 0 Å². The fourth-order valence-electron chi connectivity index (χ4n) is 3.53. The second-order valence-electron chi connectivity index (χ2n) is 7.35. The number of rotatable bonds is 5. The summed E-state index contributed by atoms with van der Waals surface area (Å²) in [5, 5.41) is 0. The van der Waals surface area contributed by atoms with Crippen molar-refractivity contribution in [1.29, 1.82) is 0 Å². The van der Waals surface area contributed by atoms with Crippen LogP contribution in [0.1, 0.15) is 13.8 Å². The SMILES string of the molecule is CC(C)CN1CCN(CCn2cnc3c2c(=O)n(C)c(=O)n3C)CC1. The van der Waals surface area contributed by atoms with Gasteiger partial charge in [-0.05, 0) is 5.92 Å². The van der Waals surface area contributed by atoms with Crippen LogP contribution in [0, 0.1) is 5.92 Å². The average Bonchev–Trinajstić information content (AvgIpc) is 3.01.